The van der Waals surface area contributed by atoms with E-state index >= 15 is 0 Å². The molecule has 3 heteroatoms. The van der Waals surface area contributed by atoms with Crippen LogP contribution in [0.5, 0.6) is 0 Å². The SMILES string of the molecule is Cc1ccc(C2C=C(c3ccccc3)OC(c3ccccc3)=C2C=NCCc2c[nH]c3ccccc23)cc1. The first-order chi connectivity index (χ1) is 18.8. The molecule has 1 unspecified atom stereocenters. The summed E-state index contributed by atoms with van der Waals surface area (Å²) in [7, 11) is 0. The fraction of sp³-hybridized carbons (Fsp3) is 0.114. The maximum Gasteiger partial charge on any atom is 0.140 e. The molecule has 2 heterocycles. The molecule has 1 atom stereocenters. The van der Waals surface area contributed by atoms with Crippen LogP contribution in [0.25, 0.3) is 22.4 Å². The van der Waals surface area contributed by atoms with Crippen LogP contribution >= 0.6 is 0 Å². The molecule has 0 bridgehead atoms. The molecule has 0 saturated carbocycles. The molecule has 0 amide bonds. The van der Waals surface area contributed by atoms with Crippen LogP contribution in [0.3, 0.4) is 0 Å². The minimum atomic E-state index is 0.0200. The first-order valence-corrected chi connectivity index (χ1v) is 13.1. The van der Waals surface area contributed by atoms with Crippen molar-refractivity contribution in [2.45, 2.75) is 19.3 Å². The lowest BCUT2D eigenvalue weighted by molar-refractivity contribution is 0.456. The van der Waals surface area contributed by atoms with E-state index in [2.05, 4.69) is 109 Å². The largest absolute Gasteiger partial charge is 0.456 e. The monoisotopic (exact) mass is 494 g/mol. The van der Waals surface area contributed by atoms with Gasteiger partial charge in [0.2, 0.25) is 0 Å². The maximum atomic E-state index is 6.65. The second-order valence-corrected chi connectivity index (χ2v) is 9.68. The van der Waals surface area contributed by atoms with Gasteiger partial charge in [0.15, 0.2) is 0 Å². The Labute approximate surface area is 223 Å². The van der Waals surface area contributed by atoms with Crippen molar-refractivity contribution in [3.8, 4) is 0 Å². The van der Waals surface area contributed by atoms with E-state index < -0.39 is 0 Å². The van der Waals surface area contributed by atoms with Crippen molar-refractivity contribution in [2.75, 3.05) is 6.54 Å². The lowest BCUT2D eigenvalue weighted by Gasteiger charge is -2.27. The molecular formula is C35H30N2O. The van der Waals surface area contributed by atoms with Crippen LogP contribution in [0.2, 0.25) is 0 Å². The normalized spacial score (nSPS) is 15.6. The quantitative estimate of drug-likeness (QED) is 0.227. The first-order valence-electron chi connectivity index (χ1n) is 13.1. The number of aliphatic imine (C=N–C) groups is 1. The van der Waals surface area contributed by atoms with Gasteiger partial charge in [-0.3, -0.25) is 4.99 Å². The van der Waals surface area contributed by atoms with E-state index in [1.165, 1.54) is 27.6 Å². The predicted octanol–water partition coefficient (Wildman–Crippen LogP) is 8.36. The summed E-state index contributed by atoms with van der Waals surface area (Å²) < 4.78 is 6.65. The van der Waals surface area contributed by atoms with Crippen molar-refractivity contribution >= 4 is 28.6 Å². The van der Waals surface area contributed by atoms with Crippen molar-refractivity contribution < 1.29 is 4.74 Å². The molecule has 0 radical (unpaired) electrons. The van der Waals surface area contributed by atoms with Crippen LogP contribution in [-0.4, -0.2) is 17.7 Å². The topological polar surface area (TPSA) is 37.4 Å². The third-order valence-corrected chi connectivity index (χ3v) is 7.07. The van der Waals surface area contributed by atoms with Gasteiger partial charge in [0.05, 0.1) is 0 Å². The van der Waals surface area contributed by atoms with Gasteiger partial charge in [-0.05, 0) is 36.6 Å². The minimum Gasteiger partial charge on any atom is -0.456 e. The van der Waals surface area contributed by atoms with Gasteiger partial charge in [-0.15, -0.1) is 0 Å². The molecule has 6 rings (SSSR count). The highest BCUT2D eigenvalue weighted by atomic mass is 16.5. The number of aromatic nitrogens is 1. The molecule has 0 aliphatic carbocycles. The van der Waals surface area contributed by atoms with Crippen molar-refractivity contribution in [3.63, 3.8) is 0 Å². The Balaban J connectivity index is 1.39. The summed E-state index contributed by atoms with van der Waals surface area (Å²) in [5, 5.41) is 1.26. The summed E-state index contributed by atoms with van der Waals surface area (Å²) in [6, 6.07) is 37.9. The van der Waals surface area contributed by atoms with Gasteiger partial charge < -0.3 is 9.72 Å². The van der Waals surface area contributed by atoms with E-state index in [4.69, 9.17) is 9.73 Å². The highest BCUT2D eigenvalue weighted by molar-refractivity contribution is 5.95. The van der Waals surface area contributed by atoms with Gasteiger partial charge in [-0.25, -0.2) is 0 Å². The zero-order valence-electron chi connectivity index (χ0n) is 21.5. The van der Waals surface area contributed by atoms with Crippen LogP contribution in [-0.2, 0) is 11.2 Å². The van der Waals surface area contributed by atoms with E-state index in [-0.39, 0.29) is 5.92 Å². The standard InChI is InChI=1S/C35H30N2O/c1-25-16-18-26(19-17-25)31-22-34(27-10-4-2-5-11-27)38-35(28-12-6-3-7-13-28)32(31)24-36-21-20-29-23-37-33-15-9-8-14-30(29)33/h2-19,22-24,31,37H,20-21H2,1H3. The van der Waals surface area contributed by atoms with Gasteiger partial charge in [-0.1, -0.05) is 109 Å². The number of aromatic amines is 1. The summed E-state index contributed by atoms with van der Waals surface area (Å²) in [5.41, 5.74) is 8.10. The number of fused-ring (bicyclic) bond motifs is 1. The van der Waals surface area contributed by atoms with E-state index in [1.54, 1.807) is 0 Å². The number of aryl methyl sites for hydroxylation is 1. The summed E-state index contributed by atoms with van der Waals surface area (Å²) in [6.45, 7) is 2.82. The molecular weight excluding hydrogens is 464 g/mol. The highest BCUT2D eigenvalue weighted by Gasteiger charge is 2.27. The molecule has 0 saturated heterocycles. The molecule has 0 fully saturated rings. The Morgan fingerprint density at radius 2 is 1.47 bits per heavy atom. The van der Waals surface area contributed by atoms with Gasteiger partial charge in [0.25, 0.3) is 0 Å². The Morgan fingerprint density at radius 3 is 2.24 bits per heavy atom. The van der Waals surface area contributed by atoms with E-state index in [1.807, 2.05) is 30.5 Å². The molecule has 1 aliphatic heterocycles. The molecule has 38 heavy (non-hydrogen) atoms. The fourth-order valence-corrected chi connectivity index (χ4v) is 5.03. The van der Waals surface area contributed by atoms with Gasteiger partial charge in [0.1, 0.15) is 11.5 Å². The second-order valence-electron chi connectivity index (χ2n) is 9.68. The Morgan fingerprint density at radius 1 is 0.789 bits per heavy atom. The van der Waals surface area contributed by atoms with E-state index in [9.17, 15) is 0 Å². The van der Waals surface area contributed by atoms with Crippen LogP contribution in [0.1, 0.15) is 33.7 Å². The molecule has 1 aliphatic rings. The number of benzene rings is 4. The predicted molar refractivity (Wildman–Crippen MR) is 158 cm³/mol. The molecule has 0 spiro atoms. The number of ether oxygens (including phenoxy) is 1. The molecule has 1 aromatic heterocycles. The van der Waals surface area contributed by atoms with Crippen molar-refractivity contribution in [1.82, 2.24) is 4.98 Å². The summed E-state index contributed by atoms with van der Waals surface area (Å²) in [4.78, 5) is 8.31. The molecule has 1 N–H and O–H groups in total. The van der Waals surface area contributed by atoms with Gasteiger partial charge >= 0.3 is 0 Å². The van der Waals surface area contributed by atoms with Gasteiger partial charge in [0, 0.05) is 52.5 Å². The Kier molecular flexibility index (Phi) is 6.73. The molecule has 186 valence electrons. The summed E-state index contributed by atoms with van der Waals surface area (Å²) >= 11 is 0. The highest BCUT2D eigenvalue weighted by Crippen LogP contribution is 2.41. The van der Waals surface area contributed by atoms with E-state index in [0.717, 1.165) is 34.6 Å². The minimum absolute atomic E-state index is 0.0200. The van der Waals surface area contributed by atoms with Crippen LogP contribution in [0.15, 0.2) is 132 Å². The van der Waals surface area contributed by atoms with Crippen LogP contribution in [0.4, 0.5) is 0 Å². The van der Waals surface area contributed by atoms with Crippen LogP contribution < -0.4 is 0 Å². The zero-order chi connectivity index (χ0) is 25.7. The first kappa shape index (κ1) is 23.7. The molecule has 5 aromatic rings. The zero-order valence-corrected chi connectivity index (χ0v) is 21.5. The van der Waals surface area contributed by atoms with Crippen molar-refractivity contribution in [2.24, 2.45) is 4.99 Å². The number of rotatable bonds is 7. The van der Waals surface area contributed by atoms with E-state index in [0.29, 0.717) is 6.54 Å². The Hall–Kier alpha value is -4.63. The lowest BCUT2D eigenvalue weighted by atomic mass is 9.86. The Bertz CT molecular complexity index is 1620. The van der Waals surface area contributed by atoms with Gasteiger partial charge in [-0.2, -0.15) is 0 Å². The fourth-order valence-electron chi connectivity index (χ4n) is 5.03. The van der Waals surface area contributed by atoms with Crippen LogP contribution in [0, 0.1) is 6.92 Å². The number of nitrogens with zero attached hydrogens (tertiary/aromatic N) is 1. The smallest absolute Gasteiger partial charge is 0.140 e. The third-order valence-electron chi connectivity index (χ3n) is 7.07. The number of para-hydroxylation sites is 1. The number of nitrogens with one attached hydrogen (secondary N) is 1. The third kappa shape index (κ3) is 4.96. The van der Waals surface area contributed by atoms with Crippen molar-refractivity contribution in [3.05, 3.63) is 155 Å². The number of hydrogen-bond donors (Lipinski definition) is 1. The molecule has 4 aromatic carbocycles. The lowest BCUT2D eigenvalue weighted by Crippen LogP contribution is -2.13. The number of H-pyrrole nitrogens is 1. The average molecular weight is 495 g/mol. The average Bonchev–Trinajstić information content (AvgIpc) is 3.39. The summed E-state index contributed by atoms with van der Waals surface area (Å²) in [6.07, 6.45) is 7.23. The van der Waals surface area contributed by atoms with Crippen molar-refractivity contribution in [1.29, 1.82) is 0 Å². The number of hydrogen-bond acceptors (Lipinski definition) is 2. The summed E-state index contributed by atoms with van der Waals surface area (Å²) in [5.74, 6) is 1.74. The number of allylic oxidation sites excluding steroid dienone is 2. The maximum absolute atomic E-state index is 6.65. The second kappa shape index (κ2) is 10.8. The molecule has 3 nitrogen and oxygen atoms in total.